The SMILES string of the molecule is c1ccc(-c2ccc3cc(-c4cn(-c5ccccc5)c5ccccc45)c4ncncc4c3n2)cc1. The third kappa shape index (κ3) is 3.19. The Balaban J connectivity index is 1.52. The lowest BCUT2D eigenvalue weighted by Crippen LogP contribution is -1.92. The largest absolute Gasteiger partial charge is 0.316 e. The molecule has 0 aliphatic carbocycles. The van der Waals surface area contributed by atoms with Gasteiger partial charge in [-0.25, -0.2) is 15.0 Å². The normalized spacial score (nSPS) is 11.4. The number of pyridine rings is 1. The summed E-state index contributed by atoms with van der Waals surface area (Å²) in [5.41, 5.74) is 8.36. The van der Waals surface area contributed by atoms with Gasteiger partial charge in [0.15, 0.2) is 0 Å². The number of hydrogen-bond donors (Lipinski definition) is 0. The van der Waals surface area contributed by atoms with Gasteiger partial charge in [-0.05, 0) is 30.3 Å². The predicted octanol–water partition coefficient (Wildman–Crippen LogP) is 7.46. The van der Waals surface area contributed by atoms with E-state index in [1.54, 1.807) is 6.33 Å². The number of nitrogens with zero attached hydrogens (tertiary/aromatic N) is 4. The molecule has 4 aromatic carbocycles. The van der Waals surface area contributed by atoms with Crippen molar-refractivity contribution in [3.8, 4) is 28.1 Å². The lowest BCUT2D eigenvalue weighted by atomic mass is 9.98. The summed E-state index contributed by atoms with van der Waals surface area (Å²) in [6.07, 6.45) is 5.72. The molecule has 4 heteroatoms. The van der Waals surface area contributed by atoms with Crippen LogP contribution in [0.5, 0.6) is 0 Å². The third-order valence-corrected chi connectivity index (χ3v) is 6.55. The van der Waals surface area contributed by atoms with E-state index in [1.165, 1.54) is 5.39 Å². The molecule has 0 saturated carbocycles. The molecular formula is C31H20N4. The molecule has 0 spiro atoms. The van der Waals surface area contributed by atoms with Crippen LogP contribution in [0.1, 0.15) is 0 Å². The van der Waals surface area contributed by atoms with Crippen molar-refractivity contribution in [1.82, 2.24) is 19.5 Å². The van der Waals surface area contributed by atoms with Gasteiger partial charge in [0, 0.05) is 50.9 Å². The van der Waals surface area contributed by atoms with Crippen LogP contribution in [0.4, 0.5) is 0 Å². The molecule has 7 rings (SSSR count). The summed E-state index contributed by atoms with van der Waals surface area (Å²) in [6.45, 7) is 0. The highest BCUT2D eigenvalue weighted by atomic mass is 15.0. The molecule has 0 N–H and O–H groups in total. The van der Waals surface area contributed by atoms with Gasteiger partial charge in [-0.1, -0.05) is 72.8 Å². The summed E-state index contributed by atoms with van der Waals surface area (Å²) < 4.78 is 2.25. The summed E-state index contributed by atoms with van der Waals surface area (Å²) in [4.78, 5) is 14.1. The van der Waals surface area contributed by atoms with Crippen molar-refractivity contribution in [3.05, 3.63) is 122 Å². The van der Waals surface area contributed by atoms with E-state index < -0.39 is 0 Å². The highest BCUT2D eigenvalue weighted by Crippen LogP contribution is 2.38. The molecule has 0 amide bonds. The van der Waals surface area contributed by atoms with E-state index in [0.29, 0.717) is 0 Å². The monoisotopic (exact) mass is 448 g/mol. The maximum absolute atomic E-state index is 5.04. The van der Waals surface area contributed by atoms with E-state index in [2.05, 4.69) is 94.6 Å². The Labute approximate surface area is 202 Å². The Hall–Kier alpha value is -4.83. The van der Waals surface area contributed by atoms with E-state index in [1.807, 2.05) is 30.5 Å². The van der Waals surface area contributed by atoms with Crippen LogP contribution in [0, 0.1) is 0 Å². The van der Waals surface area contributed by atoms with Crippen molar-refractivity contribution < 1.29 is 0 Å². The molecule has 164 valence electrons. The summed E-state index contributed by atoms with van der Waals surface area (Å²) >= 11 is 0. The molecule has 0 aliphatic heterocycles. The average Bonchev–Trinajstić information content (AvgIpc) is 3.33. The number of rotatable bonds is 3. The Morgan fingerprint density at radius 1 is 0.629 bits per heavy atom. The van der Waals surface area contributed by atoms with Crippen LogP contribution in [0.15, 0.2) is 122 Å². The van der Waals surface area contributed by atoms with Crippen LogP contribution < -0.4 is 0 Å². The maximum atomic E-state index is 5.04. The van der Waals surface area contributed by atoms with Gasteiger partial charge in [0.25, 0.3) is 0 Å². The van der Waals surface area contributed by atoms with Crippen molar-refractivity contribution in [1.29, 1.82) is 0 Å². The fraction of sp³-hybridized carbons (Fsp3) is 0. The zero-order valence-corrected chi connectivity index (χ0v) is 18.8. The maximum Gasteiger partial charge on any atom is 0.116 e. The summed E-state index contributed by atoms with van der Waals surface area (Å²) in [7, 11) is 0. The Morgan fingerprint density at radius 2 is 1.40 bits per heavy atom. The second kappa shape index (κ2) is 7.89. The Morgan fingerprint density at radius 3 is 2.26 bits per heavy atom. The fourth-order valence-corrected chi connectivity index (χ4v) is 4.92. The average molecular weight is 449 g/mol. The Kier molecular flexibility index (Phi) is 4.42. The zero-order valence-electron chi connectivity index (χ0n) is 18.8. The second-order valence-corrected chi connectivity index (χ2v) is 8.61. The number of para-hydroxylation sites is 2. The molecule has 0 saturated heterocycles. The molecule has 35 heavy (non-hydrogen) atoms. The highest BCUT2D eigenvalue weighted by Gasteiger charge is 2.17. The molecule has 3 heterocycles. The van der Waals surface area contributed by atoms with Crippen molar-refractivity contribution in [2.75, 3.05) is 0 Å². The second-order valence-electron chi connectivity index (χ2n) is 8.61. The first-order valence-corrected chi connectivity index (χ1v) is 11.6. The number of benzene rings is 4. The van der Waals surface area contributed by atoms with Gasteiger partial charge in [-0.3, -0.25) is 0 Å². The zero-order chi connectivity index (χ0) is 23.2. The lowest BCUT2D eigenvalue weighted by Gasteiger charge is -2.10. The summed E-state index contributed by atoms with van der Waals surface area (Å²) in [5, 5.41) is 3.21. The molecule has 0 radical (unpaired) electrons. The minimum Gasteiger partial charge on any atom is -0.316 e. The van der Waals surface area contributed by atoms with Crippen LogP contribution in [-0.2, 0) is 0 Å². The topological polar surface area (TPSA) is 43.6 Å². The molecule has 7 aromatic rings. The first-order chi connectivity index (χ1) is 17.4. The van der Waals surface area contributed by atoms with Gasteiger partial charge in [-0.15, -0.1) is 0 Å². The molecular weight excluding hydrogens is 428 g/mol. The standard InChI is InChI=1S/C31H20N4/c1-3-9-21(10-4-1)28-16-15-22-17-25(31-26(30(22)34-28)18-32-20-33-31)27-19-35(23-11-5-2-6-12-23)29-14-8-7-13-24(27)29/h1-20H. The fourth-order valence-electron chi connectivity index (χ4n) is 4.92. The van der Waals surface area contributed by atoms with Crippen LogP contribution in [0.25, 0.3) is 60.8 Å². The Bertz CT molecular complexity index is 1840. The molecule has 0 fully saturated rings. The molecule has 0 unspecified atom stereocenters. The van der Waals surface area contributed by atoms with Gasteiger partial charge in [-0.2, -0.15) is 0 Å². The number of aromatic nitrogens is 4. The molecule has 0 atom stereocenters. The van der Waals surface area contributed by atoms with Crippen LogP contribution in [0.3, 0.4) is 0 Å². The van der Waals surface area contributed by atoms with Crippen molar-refractivity contribution in [2.45, 2.75) is 0 Å². The number of hydrogen-bond acceptors (Lipinski definition) is 3. The number of fused-ring (bicyclic) bond motifs is 4. The third-order valence-electron chi connectivity index (χ3n) is 6.55. The van der Waals surface area contributed by atoms with Crippen LogP contribution in [-0.4, -0.2) is 19.5 Å². The van der Waals surface area contributed by atoms with Gasteiger partial charge < -0.3 is 4.57 Å². The van der Waals surface area contributed by atoms with E-state index >= 15 is 0 Å². The molecule has 4 nitrogen and oxygen atoms in total. The summed E-state index contributed by atoms with van der Waals surface area (Å²) in [6, 6.07) is 35.7. The first kappa shape index (κ1) is 19.6. The smallest absolute Gasteiger partial charge is 0.116 e. The molecule has 0 bridgehead atoms. The van der Waals surface area contributed by atoms with Crippen LogP contribution in [0.2, 0.25) is 0 Å². The van der Waals surface area contributed by atoms with E-state index in [-0.39, 0.29) is 0 Å². The highest BCUT2D eigenvalue weighted by molar-refractivity contribution is 6.13. The van der Waals surface area contributed by atoms with E-state index in [9.17, 15) is 0 Å². The minimum absolute atomic E-state index is 0.904. The quantitative estimate of drug-likeness (QED) is 0.264. The van der Waals surface area contributed by atoms with Crippen LogP contribution >= 0.6 is 0 Å². The van der Waals surface area contributed by atoms with Gasteiger partial charge in [0.05, 0.1) is 22.2 Å². The predicted molar refractivity (Wildman–Crippen MR) is 143 cm³/mol. The summed E-state index contributed by atoms with van der Waals surface area (Å²) in [5.74, 6) is 0. The van der Waals surface area contributed by atoms with E-state index in [4.69, 9.17) is 9.97 Å². The molecule has 3 aromatic heterocycles. The van der Waals surface area contributed by atoms with Gasteiger partial charge in [0.2, 0.25) is 0 Å². The van der Waals surface area contributed by atoms with Crippen molar-refractivity contribution in [2.24, 2.45) is 0 Å². The first-order valence-electron chi connectivity index (χ1n) is 11.6. The van der Waals surface area contributed by atoms with Gasteiger partial charge in [0.1, 0.15) is 6.33 Å². The minimum atomic E-state index is 0.904. The van der Waals surface area contributed by atoms with Crippen molar-refractivity contribution >= 4 is 32.7 Å². The van der Waals surface area contributed by atoms with Gasteiger partial charge >= 0.3 is 0 Å². The molecule has 0 aliphatic rings. The lowest BCUT2D eigenvalue weighted by molar-refractivity contribution is 1.13. The van der Waals surface area contributed by atoms with Crippen molar-refractivity contribution in [3.63, 3.8) is 0 Å². The van der Waals surface area contributed by atoms with E-state index in [0.717, 1.165) is 55.4 Å².